The molecule has 0 aliphatic heterocycles. The van der Waals surface area contributed by atoms with Crippen molar-refractivity contribution in [3.8, 4) is 0 Å². The van der Waals surface area contributed by atoms with Crippen LogP contribution in [-0.4, -0.2) is 24.0 Å². The number of nitrogens with zero attached hydrogens (tertiary/aromatic N) is 2. The van der Waals surface area contributed by atoms with Crippen LogP contribution in [0.5, 0.6) is 0 Å². The first-order chi connectivity index (χ1) is 11.9. The Bertz CT molecular complexity index is 709. The van der Waals surface area contributed by atoms with Gasteiger partial charge < -0.3 is 10.6 Å². The summed E-state index contributed by atoms with van der Waals surface area (Å²) in [6.45, 7) is 10.3. The highest BCUT2D eigenvalue weighted by molar-refractivity contribution is 7.09. The van der Waals surface area contributed by atoms with E-state index in [0.29, 0.717) is 13.1 Å². The van der Waals surface area contributed by atoms with Gasteiger partial charge in [0.2, 0.25) is 0 Å². The molecule has 136 valence electrons. The highest BCUT2D eigenvalue weighted by Gasteiger charge is 2.21. The zero-order valence-corrected chi connectivity index (χ0v) is 16.2. The largest absolute Gasteiger partial charge is 0.357 e. The summed E-state index contributed by atoms with van der Waals surface area (Å²) < 4.78 is 13.5. The predicted molar refractivity (Wildman–Crippen MR) is 104 cm³/mol. The Balaban J connectivity index is 2.01. The standard InChI is InChI=1S/C19H27FN4S/c1-5-17-24-16(12-25-17)11-22-18(21-6-2)23-13-19(3,4)14-8-7-9-15(20)10-14/h7-10,12H,5-6,11,13H2,1-4H3,(H2,21,22,23). The van der Waals surface area contributed by atoms with Crippen LogP contribution in [0.4, 0.5) is 4.39 Å². The monoisotopic (exact) mass is 362 g/mol. The third-order valence-corrected chi connectivity index (χ3v) is 4.99. The molecule has 0 unspecified atom stereocenters. The van der Waals surface area contributed by atoms with Gasteiger partial charge in [-0.15, -0.1) is 11.3 Å². The molecule has 0 fully saturated rings. The van der Waals surface area contributed by atoms with Crippen molar-refractivity contribution in [2.75, 3.05) is 13.1 Å². The lowest BCUT2D eigenvalue weighted by molar-refractivity contribution is 0.503. The number of halogens is 1. The van der Waals surface area contributed by atoms with E-state index in [9.17, 15) is 4.39 Å². The van der Waals surface area contributed by atoms with Crippen molar-refractivity contribution < 1.29 is 4.39 Å². The SMILES string of the molecule is CCNC(=NCc1csc(CC)n1)NCC(C)(C)c1cccc(F)c1. The normalized spacial score (nSPS) is 12.3. The molecule has 6 heteroatoms. The molecule has 0 aliphatic rings. The quantitative estimate of drug-likeness (QED) is 0.580. The van der Waals surface area contributed by atoms with Gasteiger partial charge in [-0.05, 0) is 31.0 Å². The summed E-state index contributed by atoms with van der Waals surface area (Å²) in [6.07, 6.45) is 0.953. The highest BCUT2D eigenvalue weighted by atomic mass is 32.1. The molecule has 0 amide bonds. The van der Waals surface area contributed by atoms with Crippen molar-refractivity contribution in [2.45, 2.75) is 46.1 Å². The Morgan fingerprint density at radius 1 is 1.28 bits per heavy atom. The minimum Gasteiger partial charge on any atom is -0.357 e. The van der Waals surface area contributed by atoms with E-state index in [0.717, 1.165) is 35.2 Å². The number of rotatable bonds is 7. The van der Waals surface area contributed by atoms with E-state index in [4.69, 9.17) is 0 Å². The van der Waals surface area contributed by atoms with Crippen molar-refractivity contribution in [1.29, 1.82) is 0 Å². The number of aliphatic imine (C=N–C) groups is 1. The molecule has 1 heterocycles. The average molecular weight is 363 g/mol. The smallest absolute Gasteiger partial charge is 0.191 e. The van der Waals surface area contributed by atoms with Gasteiger partial charge >= 0.3 is 0 Å². The second-order valence-corrected chi connectivity index (χ2v) is 7.47. The molecule has 0 saturated heterocycles. The Hall–Kier alpha value is -1.95. The predicted octanol–water partition coefficient (Wildman–Crippen LogP) is 3.88. The molecule has 25 heavy (non-hydrogen) atoms. The van der Waals surface area contributed by atoms with Gasteiger partial charge in [0, 0.05) is 23.9 Å². The highest BCUT2D eigenvalue weighted by Crippen LogP contribution is 2.22. The number of thiazole rings is 1. The Labute approximate surface area is 153 Å². The molecule has 1 aromatic carbocycles. The Kier molecular flexibility index (Phi) is 6.93. The Morgan fingerprint density at radius 3 is 2.72 bits per heavy atom. The van der Waals surface area contributed by atoms with Crippen LogP contribution in [0.25, 0.3) is 0 Å². The van der Waals surface area contributed by atoms with Gasteiger partial charge in [-0.25, -0.2) is 14.4 Å². The van der Waals surface area contributed by atoms with Crippen LogP contribution < -0.4 is 10.6 Å². The lowest BCUT2D eigenvalue weighted by Crippen LogP contribution is -2.43. The summed E-state index contributed by atoms with van der Waals surface area (Å²) in [7, 11) is 0. The minimum atomic E-state index is -0.214. The summed E-state index contributed by atoms with van der Waals surface area (Å²) in [4.78, 5) is 9.15. The lowest BCUT2D eigenvalue weighted by Gasteiger charge is -2.26. The molecule has 0 saturated carbocycles. The molecule has 0 aliphatic carbocycles. The van der Waals surface area contributed by atoms with Crippen molar-refractivity contribution in [3.05, 3.63) is 51.7 Å². The fraction of sp³-hybridized carbons (Fsp3) is 0.474. The second-order valence-electron chi connectivity index (χ2n) is 6.53. The van der Waals surface area contributed by atoms with Gasteiger partial charge in [0.05, 0.1) is 17.2 Å². The molecule has 0 spiro atoms. The van der Waals surface area contributed by atoms with Crippen LogP contribution >= 0.6 is 11.3 Å². The molecular formula is C19H27FN4S. The Morgan fingerprint density at radius 2 is 2.08 bits per heavy atom. The first-order valence-electron chi connectivity index (χ1n) is 8.66. The fourth-order valence-electron chi connectivity index (χ4n) is 2.40. The van der Waals surface area contributed by atoms with E-state index in [1.807, 2.05) is 13.0 Å². The summed E-state index contributed by atoms with van der Waals surface area (Å²) in [5.74, 6) is 0.541. The van der Waals surface area contributed by atoms with Crippen LogP contribution in [0.1, 0.15) is 44.0 Å². The summed E-state index contributed by atoms with van der Waals surface area (Å²) in [5.41, 5.74) is 1.74. The van der Waals surface area contributed by atoms with Crippen LogP contribution in [0.3, 0.4) is 0 Å². The van der Waals surface area contributed by atoms with E-state index >= 15 is 0 Å². The third kappa shape index (κ3) is 5.81. The van der Waals surface area contributed by atoms with E-state index in [1.54, 1.807) is 23.5 Å². The fourth-order valence-corrected chi connectivity index (χ4v) is 3.14. The van der Waals surface area contributed by atoms with Crippen LogP contribution in [0, 0.1) is 5.82 Å². The molecule has 0 atom stereocenters. The number of hydrogen-bond acceptors (Lipinski definition) is 3. The topological polar surface area (TPSA) is 49.3 Å². The molecule has 2 aromatic rings. The van der Waals surface area contributed by atoms with Crippen LogP contribution in [0.2, 0.25) is 0 Å². The van der Waals surface area contributed by atoms with Gasteiger partial charge in [-0.1, -0.05) is 32.9 Å². The minimum absolute atomic E-state index is 0.207. The van der Waals surface area contributed by atoms with Crippen LogP contribution in [0.15, 0.2) is 34.6 Å². The molecule has 2 N–H and O–H groups in total. The van der Waals surface area contributed by atoms with Gasteiger partial charge in [0.1, 0.15) is 5.82 Å². The number of aryl methyl sites for hydroxylation is 1. The summed E-state index contributed by atoms with van der Waals surface area (Å²) in [6, 6.07) is 6.76. The molecule has 4 nitrogen and oxygen atoms in total. The number of benzene rings is 1. The number of nitrogens with one attached hydrogen (secondary N) is 2. The van der Waals surface area contributed by atoms with Gasteiger partial charge in [0.25, 0.3) is 0 Å². The maximum atomic E-state index is 13.5. The van der Waals surface area contributed by atoms with E-state index in [1.165, 1.54) is 6.07 Å². The number of aromatic nitrogens is 1. The second kappa shape index (κ2) is 8.94. The third-order valence-electron chi connectivity index (χ3n) is 3.95. The van der Waals surface area contributed by atoms with Crippen LogP contribution in [-0.2, 0) is 18.4 Å². The average Bonchev–Trinajstić information content (AvgIpc) is 3.05. The summed E-state index contributed by atoms with van der Waals surface area (Å²) >= 11 is 1.67. The molecule has 2 rings (SSSR count). The first-order valence-corrected chi connectivity index (χ1v) is 9.54. The van der Waals surface area contributed by atoms with Gasteiger partial charge in [-0.3, -0.25) is 0 Å². The maximum absolute atomic E-state index is 13.5. The molecular weight excluding hydrogens is 335 g/mol. The van der Waals surface area contributed by atoms with E-state index in [2.05, 4.69) is 46.8 Å². The van der Waals surface area contributed by atoms with Crippen molar-refractivity contribution in [2.24, 2.45) is 4.99 Å². The molecule has 0 radical (unpaired) electrons. The van der Waals surface area contributed by atoms with Gasteiger partial charge in [0.15, 0.2) is 5.96 Å². The van der Waals surface area contributed by atoms with E-state index in [-0.39, 0.29) is 11.2 Å². The molecule has 0 bridgehead atoms. The van der Waals surface area contributed by atoms with Crippen molar-refractivity contribution >= 4 is 17.3 Å². The summed E-state index contributed by atoms with van der Waals surface area (Å²) in [5, 5.41) is 9.80. The van der Waals surface area contributed by atoms with Crippen molar-refractivity contribution in [3.63, 3.8) is 0 Å². The first kappa shape index (κ1) is 19.4. The maximum Gasteiger partial charge on any atom is 0.191 e. The number of hydrogen-bond donors (Lipinski definition) is 2. The lowest BCUT2D eigenvalue weighted by atomic mass is 9.84. The number of guanidine groups is 1. The van der Waals surface area contributed by atoms with E-state index < -0.39 is 0 Å². The van der Waals surface area contributed by atoms with Gasteiger partial charge in [-0.2, -0.15) is 0 Å². The van der Waals surface area contributed by atoms with Crippen molar-refractivity contribution in [1.82, 2.24) is 15.6 Å². The zero-order valence-electron chi connectivity index (χ0n) is 15.4. The molecule has 1 aromatic heterocycles. The zero-order chi connectivity index (χ0) is 18.3.